The fraction of sp³-hybridized carbons (Fsp3) is 0.111. The Labute approximate surface area is 139 Å². The van der Waals surface area contributed by atoms with E-state index in [-0.39, 0.29) is 5.91 Å². The van der Waals surface area contributed by atoms with Crippen molar-refractivity contribution < 1.29 is 9.21 Å². The molecule has 1 N–H and O–H groups in total. The Bertz CT molecular complexity index is 871. The average molecular weight is 327 g/mol. The van der Waals surface area contributed by atoms with Gasteiger partial charge in [0.1, 0.15) is 17.3 Å². The van der Waals surface area contributed by atoms with Crippen LogP contribution in [0.1, 0.15) is 12.5 Å². The van der Waals surface area contributed by atoms with Crippen molar-refractivity contribution in [3.63, 3.8) is 0 Å². The summed E-state index contributed by atoms with van der Waals surface area (Å²) in [6.07, 6.45) is 1.63. The molecule has 116 valence electrons. The maximum Gasteiger partial charge on any atom is 0.222 e. The van der Waals surface area contributed by atoms with Crippen LogP contribution in [0.15, 0.2) is 53.1 Å². The number of amides is 1. The lowest BCUT2D eigenvalue weighted by Gasteiger charge is -2.03. The Morgan fingerprint density at radius 1 is 1.22 bits per heavy atom. The van der Waals surface area contributed by atoms with Crippen molar-refractivity contribution in [1.82, 2.24) is 4.98 Å². The molecule has 0 saturated carbocycles. The number of halogens is 1. The predicted octanol–water partition coefficient (Wildman–Crippen LogP) is 4.93. The molecule has 0 aliphatic heterocycles. The minimum atomic E-state index is -0.165. The summed E-state index contributed by atoms with van der Waals surface area (Å²) in [5.74, 6) is 1.76. The molecule has 3 rings (SSSR count). The molecule has 1 aromatic carbocycles. The zero-order chi connectivity index (χ0) is 16.4. The van der Waals surface area contributed by atoms with Crippen molar-refractivity contribution in [2.75, 3.05) is 5.32 Å². The van der Waals surface area contributed by atoms with Crippen LogP contribution in [0.25, 0.3) is 22.6 Å². The first kappa shape index (κ1) is 15.3. The van der Waals surface area contributed by atoms with E-state index in [1.165, 1.54) is 6.92 Å². The SMILES string of the molecule is CC(=O)Nc1cc(-c2cc(C)c(-c3ccccc3Cl)o2)ccn1. The Balaban J connectivity index is 2.01. The highest BCUT2D eigenvalue weighted by Gasteiger charge is 2.14. The fourth-order valence-electron chi connectivity index (χ4n) is 2.37. The molecule has 2 heterocycles. The molecule has 0 saturated heterocycles. The average Bonchev–Trinajstić information content (AvgIpc) is 2.89. The fourth-order valence-corrected chi connectivity index (χ4v) is 2.59. The summed E-state index contributed by atoms with van der Waals surface area (Å²) in [5.41, 5.74) is 2.69. The van der Waals surface area contributed by atoms with Crippen LogP contribution in [0, 0.1) is 6.92 Å². The second kappa shape index (κ2) is 6.26. The van der Waals surface area contributed by atoms with Gasteiger partial charge in [0, 0.05) is 24.2 Å². The van der Waals surface area contributed by atoms with E-state index in [1.807, 2.05) is 43.3 Å². The van der Waals surface area contributed by atoms with Gasteiger partial charge < -0.3 is 9.73 Å². The lowest BCUT2D eigenvalue weighted by atomic mass is 10.1. The van der Waals surface area contributed by atoms with Crippen LogP contribution in [0.3, 0.4) is 0 Å². The Hall–Kier alpha value is -2.59. The van der Waals surface area contributed by atoms with Crippen molar-refractivity contribution in [2.24, 2.45) is 0 Å². The highest BCUT2D eigenvalue weighted by molar-refractivity contribution is 6.33. The molecule has 0 atom stereocenters. The number of aromatic nitrogens is 1. The molecule has 0 aliphatic carbocycles. The maximum atomic E-state index is 11.2. The largest absolute Gasteiger partial charge is 0.456 e. The number of aryl methyl sites for hydroxylation is 1. The van der Waals surface area contributed by atoms with Crippen molar-refractivity contribution >= 4 is 23.3 Å². The monoisotopic (exact) mass is 326 g/mol. The van der Waals surface area contributed by atoms with Crippen LogP contribution in [0.2, 0.25) is 5.02 Å². The minimum absolute atomic E-state index is 0.165. The molecule has 4 nitrogen and oxygen atoms in total. The second-order valence-electron chi connectivity index (χ2n) is 5.21. The first-order valence-electron chi connectivity index (χ1n) is 7.14. The third-order valence-electron chi connectivity index (χ3n) is 3.38. The lowest BCUT2D eigenvalue weighted by molar-refractivity contribution is -0.114. The molecule has 0 fully saturated rings. The molecule has 1 amide bonds. The smallest absolute Gasteiger partial charge is 0.222 e. The third kappa shape index (κ3) is 3.27. The number of furan rings is 1. The van der Waals surface area contributed by atoms with Crippen LogP contribution in [-0.4, -0.2) is 10.9 Å². The van der Waals surface area contributed by atoms with E-state index in [2.05, 4.69) is 10.3 Å². The van der Waals surface area contributed by atoms with Gasteiger partial charge in [-0.2, -0.15) is 0 Å². The topological polar surface area (TPSA) is 55.1 Å². The molecule has 23 heavy (non-hydrogen) atoms. The summed E-state index contributed by atoms with van der Waals surface area (Å²) in [6, 6.07) is 13.1. The molecule has 0 unspecified atom stereocenters. The number of carbonyl (C=O) groups is 1. The maximum absolute atomic E-state index is 11.2. The van der Waals surface area contributed by atoms with E-state index in [1.54, 1.807) is 12.3 Å². The van der Waals surface area contributed by atoms with Crippen molar-refractivity contribution in [2.45, 2.75) is 13.8 Å². The number of pyridine rings is 1. The molecule has 0 aliphatic rings. The molecule has 3 aromatic rings. The molecule has 0 radical (unpaired) electrons. The van der Waals surface area contributed by atoms with Crippen LogP contribution >= 0.6 is 11.6 Å². The van der Waals surface area contributed by atoms with E-state index >= 15 is 0 Å². The number of carbonyl (C=O) groups excluding carboxylic acids is 1. The highest BCUT2D eigenvalue weighted by atomic mass is 35.5. The molecule has 2 aromatic heterocycles. The Morgan fingerprint density at radius 2 is 2.00 bits per heavy atom. The van der Waals surface area contributed by atoms with E-state index in [0.717, 1.165) is 22.5 Å². The van der Waals surface area contributed by atoms with Crippen molar-refractivity contribution in [3.05, 3.63) is 59.2 Å². The number of nitrogens with zero attached hydrogens (tertiary/aromatic N) is 1. The summed E-state index contributed by atoms with van der Waals surface area (Å²) in [5, 5.41) is 3.31. The quantitative estimate of drug-likeness (QED) is 0.742. The number of anilines is 1. The van der Waals surface area contributed by atoms with Gasteiger partial charge in [-0.15, -0.1) is 0 Å². The number of hydrogen-bond donors (Lipinski definition) is 1. The summed E-state index contributed by atoms with van der Waals surface area (Å²) < 4.78 is 6.00. The van der Waals surface area contributed by atoms with E-state index in [4.69, 9.17) is 16.0 Å². The van der Waals surface area contributed by atoms with E-state index in [0.29, 0.717) is 16.6 Å². The summed E-state index contributed by atoms with van der Waals surface area (Å²) in [4.78, 5) is 15.3. The zero-order valence-corrected chi connectivity index (χ0v) is 13.5. The molecular weight excluding hydrogens is 312 g/mol. The van der Waals surface area contributed by atoms with Gasteiger partial charge in [0.25, 0.3) is 0 Å². The van der Waals surface area contributed by atoms with Gasteiger partial charge in [0.15, 0.2) is 0 Å². The predicted molar refractivity (Wildman–Crippen MR) is 91.4 cm³/mol. The van der Waals surface area contributed by atoms with Crippen LogP contribution in [0.5, 0.6) is 0 Å². The van der Waals surface area contributed by atoms with Gasteiger partial charge in [-0.3, -0.25) is 4.79 Å². The van der Waals surface area contributed by atoms with Gasteiger partial charge in [-0.1, -0.05) is 23.7 Å². The van der Waals surface area contributed by atoms with Crippen LogP contribution in [-0.2, 0) is 4.79 Å². The van der Waals surface area contributed by atoms with Crippen molar-refractivity contribution in [1.29, 1.82) is 0 Å². The summed E-state index contributed by atoms with van der Waals surface area (Å²) in [6.45, 7) is 3.42. The first-order chi connectivity index (χ1) is 11.0. The first-order valence-corrected chi connectivity index (χ1v) is 7.52. The number of rotatable bonds is 3. The zero-order valence-electron chi connectivity index (χ0n) is 12.8. The summed E-state index contributed by atoms with van der Waals surface area (Å²) >= 11 is 6.25. The standard InChI is InChI=1S/C18H15ClN2O2/c1-11-9-16(13-7-8-20-17(10-13)21-12(2)22)23-18(11)14-5-3-4-6-15(14)19/h3-10H,1-2H3,(H,20,21,22). The van der Waals surface area contributed by atoms with Gasteiger partial charge in [0.2, 0.25) is 5.91 Å². The molecule has 5 heteroatoms. The second-order valence-corrected chi connectivity index (χ2v) is 5.62. The lowest BCUT2D eigenvalue weighted by Crippen LogP contribution is -2.07. The van der Waals surface area contributed by atoms with E-state index in [9.17, 15) is 4.79 Å². The molecule has 0 bridgehead atoms. The highest BCUT2D eigenvalue weighted by Crippen LogP contribution is 2.35. The number of hydrogen-bond acceptors (Lipinski definition) is 3. The van der Waals surface area contributed by atoms with Crippen LogP contribution in [0.4, 0.5) is 5.82 Å². The Kier molecular flexibility index (Phi) is 4.17. The molecular formula is C18H15ClN2O2. The van der Waals surface area contributed by atoms with Crippen LogP contribution < -0.4 is 5.32 Å². The third-order valence-corrected chi connectivity index (χ3v) is 3.71. The number of nitrogens with one attached hydrogen (secondary N) is 1. The van der Waals surface area contributed by atoms with Gasteiger partial charge in [-0.05, 0) is 42.8 Å². The van der Waals surface area contributed by atoms with E-state index < -0.39 is 0 Å². The summed E-state index contributed by atoms with van der Waals surface area (Å²) in [7, 11) is 0. The minimum Gasteiger partial charge on any atom is -0.456 e. The van der Waals surface area contributed by atoms with Crippen molar-refractivity contribution in [3.8, 4) is 22.6 Å². The van der Waals surface area contributed by atoms with Gasteiger partial charge in [0.05, 0.1) is 5.02 Å². The normalized spacial score (nSPS) is 10.6. The number of benzene rings is 1. The Morgan fingerprint density at radius 3 is 2.74 bits per heavy atom. The van der Waals surface area contributed by atoms with Gasteiger partial charge >= 0.3 is 0 Å². The molecule has 0 spiro atoms. The van der Waals surface area contributed by atoms with Gasteiger partial charge in [-0.25, -0.2) is 4.98 Å².